The average molecular weight is 429 g/mol. The Hall–Kier alpha value is -2.75. The molecule has 0 bridgehead atoms. The predicted octanol–water partition coefficient (Wildman–Crippen LogP) is 1.89. The number of sulfonamides is 1. The third kappa shape index (κ3) is 3.71. The molecule has 3 aromatic rings. The molecule has 1 aliphatic rings. The normalized spacial score (nSPS) is 15.4. The van der Waals surface area contributed by atoms with E-state index >= 15 is 0 Å². The van der Waals surface area contributed by atoms with Crippen LogP contribution in [-0.2, 0) is 10.0 Å². The number of nitrogens with one attached hydrogen (secondary N) is 2. The fourth-order valence-electron chi connectivity index (χ4n) is 3.66. The van der Waals surface area contributed by atoms with Gasteiger partial charge < -0.3 is 15.0 Å². The summed E-state index contributed by atoms with van der Waals surface area (Å²) in [6, 6.07) is 10.1. The standard InChI is InChI=1S/C21H24N4O4S/c1-3-29-18-8-7-15(30(27,28)25-11-9-22-10-12-25)13-16(18)20-23-17-6-4-5-14(2)19(17)21(26)24-20/h4-8,13,22H,3,9-12H2,1-2H3,(H,23,24,26). The molecule has 2 aromatic carbocycles. The molecular weight excluding hydrogens is 404 g/mol. The first kappa shape index (κ1) is 20.5. The van der Waals surface area contributed by atoms with Crippen LogP contribution in [-0.4, -0.2) is 55.5 Å². The zero-order chi connectivity index (χ0) is 21.3. The van der Waals surface area contributed by atoms with E-state index in [0.29, 0.717) is 55.0 Å². The van der Waals surface area contributed by atoms with Crippen molar-refractivity contribution in [2.45, 2.75) is 18.7 Å². The molecular formula is C21H24N4O4S. The number of nitrogens with zero attached hydrogens (tertiary/aromatic N) is 2. The Bertz CT molecular complexity index is 1250. The van der Waals surface area contributed by atoms with Crippen molar-refractivity contribution in [3.63, 3.8) is 0 Å². The van der Waals surface area contributed by atoms with E-state index in [1.807, 2.05) is 26.0 Å². The molecule has 158 valence electrons. The lowest BCUT2D eigenvalue weighted by Crippen LogP contribution is -2.46. The van der Waals surface area contributed by atoms with Gasteiger partial charge in [0.2, 0.25) is 10.0 Å². The van der Waals surface area contributed by atoms with Crippen molar-refractivity contribution >= 4 is 20.9 Å². The number of H-pyrrole nitrogens is 1. The molecule has 0 saturated carbocycles. The Balaban J connectivity index is 1.87. The van der Waals surface area contributed by atoms with Crippen molar-refractivity contribution in [1.29, 1.82) is 0 Å². The number of piperazine rings is 1. The summed E-state index contributed by atoms with van der Waals surface area (Å²) in [7, 11) is -3.67. The quantitative estimate of drug-likeness (QED) is 0.643. The topological polar surface area (TPSA) is 104 Å². The van der Waals surface area contributed by atoms with Crippen molar-refractivity contribution in [3.8, 4) is 17.1 Å². The molecule has 0 radical (unpaired) electrons. The summed E-state index contributed by atoms with van der Waals surface area (Å²) < 4.78 is 33.4. The maximum atomic E-state index is 13.1. The molecule has 1 aliphatic heterocycles. The van der Waals surface area contributed by atoms with Gasteiger partial charge in [-0.05, 0) is 43.7 Å². The predicted molar refractivity (Wildman–Crippen MR) is 115 cm³/mol. The SMILES string of the molecule is CCOc1ccc(S(=O)(=O)N2CCNCC2)cc1-c1nc2cccc(C)c2c(=O)[nH]1. The Morgan fingerprint density at radius 3 is 2.67 bits per heavy atom. The molecule has 2 N–H and O–H groups in total. The lowest BCUT2D eigenvalue weighted by atomic mass is 10.1. The molecule has 1 aromatic heterocycles. The van der Waals surface area contributed by atoms with Crippen molar-refractivity contribution in [1.82, 2.24) is 19.6 Å². The van der Waals surface area contributed by atoms with Crippen molar-refractivity contribution in [3.05, 3.63) is 52.3 Å². The van der Waals surface area contributed by atoms with E-state index < -0.39 is 10.0 Å². The van der Waals surface area contributed by atoms with Gasteiger partial charge in [-0.2, -0.15) is 4.31 Å². The van der Waals surface area contributed by atoms with Crippen LogP contribution in [0.5, 0.6) is 5.75 Å². The minimum absolute atomic E-state index is 0.148. The first-order valence-electron chi connectivity index (χ1n) is 9.89. The molecule has 9 heteroatoms. The lowest BCUT2D eigenvalue weighted by molar-refractivity contribution is 0.341. The number of ether oxygens (including phenoxy) is 1. The molecule has 8 nitrogen and oxygen atoms in total. The van der Waals surface area contributed by atoms with E-state index in [1.54, 1.807) is 12.1 Å². The van der Waals surface area contributed by atoms with Gasteiger partial charge in [-0.15, -0.1) is 0 Å². The third-order valence-corrected chi connectivity index (χ3v) is 7.06. The number of aromatic amines is 1. The Morgan fingerprint density at radius 2 is 1.93 bits per heavy atom. The summed E-state index contributed by atoms with van der Waals surface area (Å²) in [5.74, 6) is 0.742. The van der Waals surface area contributed by atoms with Crippen LogP contribution in [0, 0.1) is 6.92 Å². The Labute approximate surface area is 175 Å². The molecule has 4 rings (SSSR count). The molecule has 30 heavy (non-hydrogen) atoms. The average Bonchev–Trinajstić information content (AvgIpc) is 2.74. The van der Waals surface area contributed by atoms with Crippen LogP contribution in [0.15, 0.2) is 46.1 Å². The van der Waals surface area contributed by atoms with Gasteiger partial charge >= 0.3 is 0 Å². The van der Waals surface area contributed by atoms with Crippen LogP contribution in [0.25, 0.3) is 22.3 Å². The first-order valence-corrected chi connectivity index (χ1v) is 11.3. The smallest absolute Gasteiger partial charge is 0.259 e. The van der Waals surface area contributed by atoms with Gasteiger partial charge in [0.25, 0.3) is 5.56 Å². The largest absolute Gasteiger partial charge is 0.493 e. The summed E-state index contributed by atoms with van der Waals surface area (Å²) in [5.41, 5.74) is 1.54. The number of rotatable bonds is 5. The van der Waals surface area contributed by atoms with Crippen LogP contribution >= 0.6 is 0 Å². The number of hydrogen-bond acceptors (Lipinski definition) is 6. The van der Waals surface area contributed by atoms with Crippen molar-refractivity contribution < 1.29 is 13.2 Å². The number of aryl methyl sites for hydroxylation is 1. The minimum atomic E-state index is -3.67. The van der Waals surface area contributed by atoms with Crippen molar-refractivity contribution in [2.75, 3.05) is 32.8 Å². The summed E-state index contributed by atoms with van der Waals surface area (Å²) in [4.78, 5) is 20.3. The highest BCUT2D eigenvalue weighted by atomic mass is 32.2. The monoisotopic (exact) mass is 428 g/mol. The highest BCUT2D eigenvalue weighted by Gasteiger charge is 2.27. The molecule has 0 amide bonds. The van der Waals surface area contributed by atoms with Crippen LogP contribution in [0.2, 0.25) is 0 Å². The number of fused-ring (bicyclic) bond motifs is 1. The van der Waals surface area contributed by atoms with Gasteiger partial charge in [0.1, 0.15) is 11.6 Å². The van der Waals surface area contributed by atoms with E-state index in [2.05, 4.69) is 15.3 Å². The van der Waals surface area contributed by atoms with Crippen LogP contribution in [0.4, 0.5) is 0 Å². The van der Waals surface area contributed by atoms with E-state index in [0.717, 1.165) is 5.56 Å². The minimum Gasteiger partial charge on any atom is -0.493 e. The summed E-state index contributed by atoms with van der Waals surface area (Å²) in [6.07, 6.45) is 0. The van der Waals surface area contributed by atoms with Gasteiger partial charge in [0.15, 0.2) is 0 Å². The van der Waals surface area contributed by atoms with E-state index in [1.165, 1.54) is 16.4 Å². The second kappa shape index (κ2) is 8.17. The summed E-state index contributed by atoms with van der Waals surface area (Å²) in [5, 5.41) is 3.67. The molecule has 0 aliphatic carbocycles. The number of aromatic nitrogens is 2. The number of hydrogen-bond donors (Lipinski definition) is 2. The van der Waals surface area contributed by atoms with Crippen LogP contribution < -0.4 is 15.6 Å². The van der Waals surface area contributed by atoms with E-state index in [-0.39, 0.29) is 16.3 Å². The fourth-order valence-corrected chi connectivity index (χ4v) is 5.12. The molecule has 0 spiro atoms. The van der Waals surface area contributed by atoms with E-state index in [4.69, 9.17) is 4.74 Å². The second-order valence-corrected chi connectivity index (χ2v) is 9.07. The second-order valence-electron chi connectivity index (χ2n) is 7.13. The van der Waals surface area contributed by atoms with Crippen molar-refractivity contribution in [2.24, 2.45) is 0 Å². The molecule has 1 fully saturated rings. The molecule has 2 heterocycles. The van der Waals surface area contributed by atoms with E-state index in [9.17, 15) is 13.2 Å². The summed E-state index contributed by atoms with van der Waals surface area (Å²) >= 11 is 0. The Kier molecular flexibility index (Phi) is 5.59. The van der Waals surface area contributed by atoms with Gasteiger partial charge in [0.05, 0.1) is 28.0 Å². The fraction of sp³-hybridized carbons (Fsp3) is 0.333. The summed E-state index contributed by atoms with van der Waals surface area (Å²) in [6.45, 7) is 6.14. The Morgan fingerprint density at radius 1 is 1.17 bits per heavy atom. The highest BCUT2D eigenvalue weighted by molar-refractivity contribution is 7.89. The molecule has 1 saturated heterocycles. The molecule has 0 atom stereocenters. The lowest BCUT2D eigenvalue weighted by Gasteiger charge is -2.26. The van der Waals surface area contributed by atoms with Crippen LogP contribution in [0.1, 0.15) is 12.5 Å². The van der Waals surface area contributed by atoms with Gasteiger partial charge in [-0.25, -0.2) is 13.4 Å². The van der Waals surface area contributed by atoms with Gasteiger partial charge in [-0.3, -0.25) is 4.79 Å². The van der Waals surface area contributed by atoms with Gasteiger partial charge in [0, 0.05) is 26.2 Å². The highest BCUT2D eigenvalue weighted by Crippen LogP contribution is 2.32. The maximum Gasteiger partial charge on any atom is 0.259 e. The molecule has 0 unspecified atom stereocenters. The third-order valence-electron chi connectivity index (χ3n) is 5.16. The van der Waals surface area contributed by atoms with Crippen LogP contribution in [0.3, 0.4) is 0 Å². The number of benzene rings is 2. The first-order chi connectivity index (χ1) is 14.4. The zero-order valence-corrected chi connectivity index (χ0v) is 17.8. The van der Waals surface area contributed by atoms with Gasteiger partial charge in [-0.1, -0.05) is 12.1 Å². The maximum absolute atomic E-state index is 13.1. The zero-order valence-electron chi connectivity index (χ0n) is 16.9.